The van der Waals surface area contributed by atoms with E-state index in [1.807, 2.05) is 29.0 Å². The number of imidazole rings is 1. The second-order valence-electron chi connectivity index (χ2n) is 5.31. The molecule has 0 saturated carbocycles. The molecule has 94 valence electrons. The summed E-state index contributed by atoms with van der Waals surface area (Å²) in [5.41, 5.74) is 2.40. The number of hydrogen-bond acceptors (Lipinski definition) is 1. The fourth-order valence-corrected chi connectivity index (χ4v) is 2.04. The number of nitrogens with zero attached hydrogens (tertiary/aromatic N) is 2. The highest BCUT2D eigenvalue weighted by Crippen LogP contribution is 2.35. The van der Waals surface area contributed by atoms with Gasteiger partial charge in [-0.15, -0.1) is 0 Å². The van der Waals surface area contributed by atoms with E-state index in [9.17, 15) is 0 Å². The Morgan fingerprint density at radius 3 is 2.67 bits per heavy atom. The summed E-state index contributed by atoms with van der Waals surface area (Å²) in [7, 11) is 0. The van der Waals surface area contributed by atoms with Crippen LogP contribution in [0.4, 0.5) is 0 Å². The topological polar surface area (TPSA) is 17.8 Å². The second kappa shape index (κ2) is 4.99. The van der Waals surface area contributed by atoms with Gasteiger partial charge in [0.25, 0.3) is 0 Å². The maximum absolute atomic E-state index is 6.07. The molecule has 0 spiro atoms. The van der Waals surface area contributed by atoms with Gasteiger partial charge in [-0.25, -0.2) is 4.98 Å². The molecule has 3 heteroatoms. The predicted octanol–water partition coefficient (Wildman–Crippen LogP) is 4.58. The van der Waals surface area contributed by atoms with Gasteiger partial charge in [0.2, 0.25) is 0 Å². The monoisotopic (exact) mass is 260 g/mol. The number of rotatable bonds is 2. The number of aromatic nitrogens is 2. The van der Waals surface area contributed by atoms with Crippen molar-refractivity contribution in [2.75, 3.05) is 0 Å². The number of benzene rings is 1. The van der Waals surface area contributed by atoms with Crippen LogP contribution in [0.5, 0.6) is 0 Å². The Kier molecular flexibility index (Phi) is 3.58. The third-order valence-corrected chi connectivity index (χ3v) is 2.98. The summed E-state index contributed by atoms with van der Waals surface area (Å²) in [4.78, 5) is 4.06. The molecule has 0 aliphatic heterocycles. The molecule has 0 aliphatic rings. The molecule has 2 aromatic rings. The standard InChI is InChI=1S/C15H17ClN2/c1-15(2,3)14(10-18-8-7-17-11-18)12-5-4-6-13(16)9-12/h4-11H,1-3H3/b14-10-. The van der Waals surface area contributed by atoms with Crippen molar-refractivity contribution in [2.24, 2.45) is 5.41 Å². The highest BCUT2D eigenvalue weighted by molar-refractivity contribution is 6.30. The van der Waals surface area contributed by atoms with Crippen molar-refractivity contribution in [1.29, 1.82) is 0 Å². The summed E-state index contributed by atoms with van der Waals surface area (Å²) in [6.45, 7) is 6.57. The average Bonchev–Trinajstić information content (AvgIpc) is 2.77. The quantitative estimate of drug-likeness (QED) is 0.773. The first-order valence-electron chi connectivity index (χ1n) is 5.92. The Bertz CT molecular complexity index is 548. The molecule has 0 unspecified atom stereocenters. The highest BCUT2D eigenvalue weighted by atomic mass is 35.5. The van der Waals surface area contributed by atoms with Crippen LogP contribution in [-0.2, 0) is 0 Å². The molecule has 0 saturated heterocycles. The van der Waals surface area contributed by atoms with Gasteiger partial charge in [-0.1, -0.05) is 44.5 Å². The van der Waals surface area contributed by atoms with Crippen LogP contribution < -0.4 is 0 Å². The van der Waals surface area contributed by atoms with Gasteiger partial charge in [-0.2, -0.15) is 0 Å². The van der Waals surface area contributed by atoms with Crippen molar-refractivity contribution in [1.82, 2.24) is 9.55 Å². The molecule has 2 rings (SSSR count). The van der Waals surface area contributed by atoms with E-state index >= 15 is 0 Å². The molecule has 0 atom stereocenters. The summed E-state index contributed by atoms with van der Waals surface area (Å²) >= 11 is 6.07. The highest BCUT2D eigenvalue weighted by Gasteiger charge is 2.19. The van der Waals surface area contributed by atoms with Gasteiger partial charge in [0, 0.05) is 23.6 Å². The first kappa shape index (κ1) is 12.9. The fraction of sp³-hybridized carbons (Fsp3) is 0.267. The first-order chi connectivity index (χ1) is 8.47. The van der Waals surface area contributed by atoms with E-state index < -0.39 is 0 Å². The van der Waals surface area contributed by atoms with Crippen LogP contribution in [0, 0.1) is 5.41 Å². The molecule has 18 heavy (non-hydrogen) atoms. The van der Waals surface area contributed by atoms with Crippen LogP contribution >= 0.6 is 11.6 Å². The van der Waals surface area contributed by atoms with Crippen LogP contribution in [0.1, 0.15) is 26.3 Å². The lowest BCUT2D eigenvalue weighted by Gasteiger charge is -2.23. The van der Waals surface area contributed by atoms with E-state index in [2.05, 4.69) is 38.0 Å². The van der Waals surface area contributed by atoms with E-state index in [-0.39, 0.29) is 5.41 Å². The third kappa shape index (κ3) is 3.02. The minimum absolute atomic E-state index is 0.0367. The lowest BCUT2D eigenvalue weighted by atomic mass is 9.82. The zero-order valence-corrected chi connectivity index (χ0v) is 11.6. The van der Waals surface area contributed by atoms with Gasteiger partial charge in [0.1, 0.15) is 0 Å². The Morgan fingerprint density at radius 1 is 1.33 bits per heavy atom. The summed E-state index contributed by atoms with van der Waals surface area (Å²) in [5.74, 6) is 0. The molecule has 0 radical (unpaired) electrons. The smallest absolute Gasteiger partial charge is 0.0986 e. The van der Waals surface area contributed by atoms with Gasteiger partial charge in [0.05, 0.1) is 6.33 Å². The predicted molar refractivity (Wildman–Crippen MR) is 77.3 cm³/mol. The number of allylic oxidation sites excluding steroid dienone is 1. The Hall–Kier alpha value is -1.54. The van der Waals surface area contributed by atoms with Crippen molar-refractivity contribution in [3.05, 3.63) is 53.6 Å². The van der Waals surface area contributed by atoms with Crippen LogP contribution in [-0.4, -0.2) is 9.55 Å². The van der Waals surface area contributed by atoms with Crippen LogP contribution in [0.2, 0.25) is 5.02 Å². The Balaban J connectivity index is 2.51. The Labute approximate surface area is 113 Å². The SMILES string of the molecule is CC(C)(C)/C(=C\n1ccnc1)c1cccc(Cl)c1. The van der Waals surface area contributed by atoms with E-state index in [0.29, 0.717) is 0 Å². The molecule has 0 bridgehead atoms. The van der Waals surface area contributed by atoms with Crippen molar-refractivity contribution in [3.8, 4) is 0 Å². The first-order valence-corrected chi connectivity index (χ1v) is 6.30. The molecule has 2 nitrogen and oxygen atoms in total. The fourth-order valence-electron chi connectivity index (χ4n) is 1.85. The largest absolute Gasteiger partial charge is 0.313 e. The zero-order chi connectivity index (χ0) is 13.2. The maximum Gasteiger partial charge on any atom is 0.0986 e. The maximum atomic E-state index is 6.07. The van der Waals surface area contributed by atoms with Crippen LogP contribution in [0.25, 0.3) is 11.8 Å². The number of halogens is 1. The van der Waals surface area contributed by atoms with Crippen LogP contribution in [0.15, 0.2) is 43.0 Å². The van der Waals surface area contributed by atoms with Gasteiger partial charge < -0.3 is 4.57 Å². The molecular formula is C15H17ClN2. The van der Waals surface area contributed by atoms with Crippen molar-refractivity contribution in [2.45, 2.75) is 20.8 Å². The van der Waals surface area contributed by atoms with E-state index in [0.717, 1.165) is 10.6 Å². The summed E-state index contributed by atoms with van der Waals surface area (Å²) in [6, 6.07) is 7.95. The minimum Gasteiger partial charge on any atom is -0.313 e. The van der Waals surface area contributed by atoms with Crippen molar-refractivity contribution >= 4 is 23.4 Å². The van der Waals surface area contributed by atoms with E-state index in [1.165, 1.54) is 5.57 Å². The lowest BCUT2D eigenvalue weighted by molar-refractivity contribution is 0.568. The molecule has 0 N–H and O–H groups in total. The summed E-state index contributed by atoms with van der Waals surface area (Å²) in [6.07, 6.45) is 7.58. The molecule has 0 fully saturated rings. The normalized spacial score (nSPS) is 12.8. The third-order valence-electron chi connectivity index (χ3n) is 2.75. The minimum atomic E-state index is 0.0367. The van der Waals surface area contributed by atoms with Gasteiger partial charge in [0.15, 0.2) is 0 Å². The Morgan fingerprint density at radius 2 is 2.11 bits per heavy atom. The van der Waals surface area contributed by atoms with Crippen molar-refractivity contribution < 1.29 is 0 Å². The molecule has 1 aromatic heterocycles. The van der Waals surface area contributed by atoms with Crippen molar-refractivity contribution in [3.63, 3.8) is 0 Å². The molecule has 0 amide bonds. The van der Waals surface area contributed by atoms with Gasteiger partial charge in [-0.05, 0) is 28.7 Å². The summed E-state index contributed by atoms with van der Waals surface area (Å²) in [5, 5.41) is 0.758. The molecular weight excluding hydrogens is 244 g/mol. The zero-order valence-electron chi connectivity index (χ0n) is 10.9. The summed E-state index contributed by atoms with van der Waals surface area (Å²) < 4.78 is 1.96. The lowest BCUT2D eigenvalue weighted by Crippen LogP contribution is -2.09. The van der Waals surface area contributed by atoms with E-state index in [1.54, 1.807) is 12.5 Å². The number of hydrogen-bond donors (Lipinski definition) is 0. The van der Waals surface area contributed by atoms with Crippen LogP contribution in [0.3, 0.4) is 0 Å². The second-order valence-corrected chi connectivity index (χ2v) is 5.75. The molecule has 0 aliphatic carbocycles. The molecule has 1 heterocycles. The average molecular weight is 261 g/mol. The van der Waals surface area contributed by atoms with Gasteiger partial charge in [-0.3, -0.25) is 0 Å². The van der Waals surface area contributed by atoms with Gasteiger partial charge >= 0.3 is 0 Å². The van der Waals surface area contributed by atoms with E-state index in [4.69, 9.17) is 11.6 Å². The molecule has 1 aromatic carbocycles.